The Morgan fingerprint density at radius 2 is 2.33 bits per heavy atom. The molecule has 5 nitrogen and oxygen atoms in total. The van der Waals surface area contributed by atoms with Crippen molar-refractivity contribution in [3.05, 3.63) is 40.7 Å². The molecule has 96 valence electrons. The number of methoxy groups -OCH3 is 1. The molecule has 0 atom stereocenters. The van der Waals surface area contributed by atoms with Crippen LogP contribution in [0.25, 0.3) is 0 Å². The van der Waals surface area contributed by atoms with Crippen molar-refractivity contribution in [2.45, 2.75) is 6.92 Å². The maximum atomic E-state index is 11.5. The van der Waals surface area contributed by atoms with Crippen LogP contribution in [0.1, 0.15) is 6.92 Å². The Labute approximate surface area is 110 Å². The molecule has 0 radical (unpaired) electrons. The van der Waals surface area contributed by atoms with E-state index in [1.54, 1.807) is 6.07 Å². The number of benzene rings is 1. The van der Waals surface area contributed by atoms with Crippen molar-refractivity contribution in [2.24, 2.45) is 0 Å². The van der Waals surface area contributed by atoms with Gasteiger partial charge in [-0.2, -0.15) is 0 Å². The second kappa shape index (κ2) is 5.18. The quantitative estimate of drug-likeness (QED) is 0.820. The number of hydrogen-bond donors (Lipinski definition) is 2. The first-order chi connectivity index (χ1) is 8.61. The van der Waals surface area contributed by atoms with Crippen molar-refractivity contribution in [1.82, 2.24) is 10.3 Å². The Hall–Kier alpha value is -1.88. The van der Waals surface area contributed by atoms with Crippen LogP contribution in [0.5, 0.6) is 0 Å². The van der Waals surface area contributed by atoms with E-state index in [0.717, 1.165) is 11.4 Å². The van der Waals surface area contributed by atoms with Crippen LogP contribution in [-0.2, 0) is 9.53 Å². The minimum Gasteiger partial charge on any atom is -0.464 e. The van der Waals surface area contributed by atoms with Crippen LogP contribution >= 0.6 is 11.6 Å². The highest BCUT2D eigenvalue weighted by atomic mass is 35.5. The van der Waals surface area contributed by atoms with Crippen molar-refractivity contribution in [1.29, 1.82) is 0 Å². The van der Waals surface area contributed by atoms with Gasteiger partial charge in [-0.15, -0.1) is 0 Å². The molecule has 2 N–H and O–H groups in total. The number of carbonyl (C=O) groups excluding carboxylic acids is 1. The lowest BCUT2D eigenvalue weighted by Crippen LogP contribution is -2.29. The fourth-order valence-corrected chi connectivity index (χ4v) is 1.89. The lowest BCUT2D eigenvalue weighted by molar-refractivity contribution is -0.136. The van der Waals surface area contributed by atoms with Crippen molar-refractivity contribution >= 4 is 23.3 Å². The first-order valence-electron chi connectivity index (χ1n) is 5.44. The molecule has 0 amide bonds. The molecule has 0 bridgehead atoms. The number of nitrogens with zero attached hydrogens (tertiary/aromatic N) is 1. The zero-order valence-corrected chi connectivity index (χ0v) is 10.9. The topological polar surface area (TPSA) is 53.6 Å². The fourth-order valence-electron chi connectivity index (χ4n) is 1.70. The molecule has 0 unspecified atom stereocenters. The number of nitrogens with one attached hydrogen (secondary N) is 2. The molecular formula is C12H14ClN3O2. The fraction of sp³-hybridized carbons (Fsp3) is 0.250. The summed E-state index contributed by atoms with van der Waals surface area (Å²) >= 11 is 5.91. The summed E-state index contributed by atoms with van der Waals surface area (Å²) in [6.45, 7) is 2.33. The largest absolute Gasteiger partial charge is 0.464 e. The van der Waals surface area contributed by atoms with E-state index >= 15 is 0 Å². The SMILES string of the molecule is COC(=O)C1=C(C)N(Nc2cccc(Cl)c2)CN1. The third kappa shape index (κ3) is 2.51. The van der Waals surface area contributed by atoms with E-state index < -0.39 is 0 Å². The number of hydrazine groups is 1. The number of hydrogen-bond acceptors (Lipinski definition) is 5. The summed E-state index contributed by atoms with van der Waals surface area (Å²) in [5.74, 6) is -0.372. The van der Waals surface area contributed by atoms with Gasteiger partial charge in [0.1, 0.15) is 12.4 Å². The third-order valence-corrected chi connectivity index (χ3v) is 2.89. The maximum Gasteiger partial charge on any atom is 0.356 e. The molecule has 0 saturated carbocycles. The van der Waals surface area contributed by atoms with Gasteiger partial charge in [0.05, 0.1) is 18.5 Å². The van der Waals surface area contributed by atoms with Crippen LogP contribution in [0.15, 0.2) is 35.7 Å². The predicted molar refractivity (Wildman–Crippen MR) is 69.6 cm³/mol. The molecule has 0 saturated heterocycles. The molecule has 6 heteroatoms. The van der Waals surface area contributed by atoms with E-state index in [0.29, 0.717) is 17.4 Å². The van der Waals surface area contributed by atoms with Gasteiger partial charge in [-0.3, -0.25) is 10.4 Å². The van der Waals surface area contributed by atoms with Gasteiger partial charge in [-0.1, -0.05) is 17.7 Å². The van der Waals surface area contributed by atoms with E-state index in [1.165, 1.54) is 7.11 Å². The lowest BCUT2D eigenvalue weighted by Gasteiger charge is -2.21. The van der Waals surface area contributed by atoms with Gasteiger partial charge in [0.15, 0.2) is 0 Å². The Bertz CT molecular complexity index is 502. The Balaban J connectivity index is 2.12. The Morgan fingerprint density at radius 3 is 3.00 bits per heavy atom. The van der Waals surface area contributed by atoms with Crippen molar-refractivity contribution in [3.63, 3.8) is 0 Å². The van der Waals surface area contributed by atoms with Gasteiger partial charge in [-0.05, 0) is 25.1 Å². The number of rotatable bonds is 3. The molecule has 1 aliphatic rings. The minimum absolute atomic E-state index is 0.372. The van der Waals surface area contributed by atoms with E-state index in [4.69, 9.17) is 11.6 Å². The summed E-state index contributed by atoms with van der Waals surface area (Å²) in [5, 5.41) is 5.45. The van der Waals surface area contributed by atoms with Gasteiger partial charge in [0, 0.05) is 5.02 Å². The first-order valence-corrected chi connectivity index (χ1v) is 5.82. The molecule has 0 fully saturated rings. The highest BCUT2D eigenvalue weighted by molar-refractivity contribution is 6.30. The predicted octanol–water partition coefficient (Wildman–Crippen LogP) is 1.93. The normalized spacial score (nSPS) is 14.5. The van der Waals surface area contributed by atoms with Crippen LogP contribution < -0.4 is 10.7 Å². The molecule has 2 rings (SSSR count). The van der Waals surface area contributed by atoms with Gasteiger partial charge >= 0.3 is 5.97 Å². The number of esters is 1. The summed E-state index contributed by atoms with van der Waals surface area (Å²) in [6, 6.07) is 7.37. The van der Waals surface area contributed by atoms with E-state index in [9.17, 15) is 4.79 Å². The van der Waals surface area contributed by atoms with Crippen LogP contribution in [-0.4, -0.2) is 24.8 Å². The van der Waals surface area contributed by atoms with Gasteiger partial charge in [0.25, 0.3) is 0 Å². The smallest absolute Gasteiger partial charge is 0.356 e. The van der Waals surface area contributed by atoms with Gasteiger partial charge in [-0.25, -0.2) is 4.79 Å². The van der Waals surface area contributed by atoms with Crippen LogP contribution in [0, 0.1) is 0 Å². The molecule has 18 heavy (non-hydrogen) atoms. The molecule has 0 aromatic heterocycles. The average Bonchev–Trinajstić information content (AvgIpc) is 2.70. The van der Waals surface area contributed by atoms with Gasteiger partial charge in [0.2, 0.25) is 0 Å². The number of ether oxygens (including phenoxy) is 1. The van der Waals surface area contributed by atoms with E-state index in [1.807, 2.05) is 30.1 Å². The standard InChI is InChI=1S/C12H14ClN3O2/c1-8-11(12(17)18-2)14-7-16(8)15-10-5-3-4-9(13)6-10/h3-6,14-15H,7H2,1-2H3. The summed E-state index contributed by atoms with van der Waals surface area (Å²) in [4.78, 5) is 11.5. The average molecular weight is 268 g/mol. The summed E-state index contributed by atoms with van der Waals surface area (Å²) in [7, 11) is 1.36. The number of anilines is 1. The zero-order valence-electron chi connectivity index (χ0n) is 10.2. The lowest BCUT2D eigenvalue weighted by atomic mass is 10.3. The summed E-state index contributed by atoms with van der Waals surface area (Å²) in [6.07, 6.45) is 0. The van der Waals surface area contributed by atoms with Crippen molar-refractivity contribution in [2.75, 3.05) is 19.2 Å². The van der Waals surface area contributed by atoms with Gasteiger partial charge < -0.3 is 10.1 Å². The van der Waals surface area contributed by atoms with Crippen molar-refractivity contribution in [3.8, 4) is 0 Å². The third-order valence-electron chi connectivity index (χ3n) is 2.66. The highest BCUT2D eigenvalue weighted by Crippen LogP contribution is 2.20. The Kier molecular flexibility index (Phi) is 3.62. The monoisotopic (exact) mass is 267 g/mol. The second-order valence-corrected chi connectivity index (χ2v) is 4.27. The molecule has 1 aromatic carbocycles. The maximum absolute atomic E-state index is 11.5. The van der Waals surface area contributed by atoms with Crippen LogP contribution in [0.4, 0.5) is 5.69 Å². The highest BCUT2D eigenvalue weighted by Gasteiger charge is 2.24. The summed E-state index contributed by atoms with van der Waals surface area (Å²) < 4.78 is 4.69. The number of halogens is 1. The molecule has 1 aromatic rings. The van der Waals surface area contributed by atoms with E-state index in [2.05, 4.69) is 15.5 Å². The molecule has 1 heterocycles. The van der Waals surface area contributed by atoms with Crippen molar-refractivity contribution < 1.29 is 9.53 Å². The zero-order chi connectivity index (χ0) is 13.1. The second-order valence-electron chi connectivity index (χ2n) is 3.84. The van der Waals surface area contributed by atoms with E-state index in [-0.39, 0.29) is 5.97 Å². The Morgan fingerprint density at radius 1 is 1.56 bits per heavy atom. The molecule has 0 aliphatic carbocycles. The van der Waals surface area contributed by atoms with Crippen LogP contribution in [0.3, 0.4) is 0 Å². The summed E-state index contributed by atoms with van der Waals surface area (Å²) in [5.41, 5.74) is 5.26. The van der Waals surface area contributed by atoms with Crippen LogP contribution in [0.2, 0.25) is 5.02 Å². The minimum atomic E-state index is -0.372. The molecular weight excluding hydrogens is 254 g/mol. The number of carbonyl (C=O) groups is 1. The number of allylic oxidation sites excluding steroid dienone is 1. The molecule has 0 spiro atoms. The molecule has 1 aliphatic heterocycles. The first kappa shape index (κ1) is 12.6.